The minimum absolute atomic E-state index is 0.554. The molecule has 5 nitrogen and oxygen atoms in total. The van der Waals surface area contributed by atoms with Crippen LogP contribution in [-0.4, -0.2) is 63.3 Å². The molecule has 1 aliphatic heterocycles. The van der Waals surface area contributed by atoms with Gasteiger partial charge in [0, 0.05) is 39.3 Å². The van der Waals surface area contributed by atoms with Crippen LogP contribution >= 0.6 is 0 Å². The van der Waals surface area contributed by atoms with Crippen LogP contribution < -0.4 is 10.6 Å². The summed E-state index contributed by atoms with van der Waals surface area (Å²) >= 11 is 0. The average molecular weight is 313 g/mol. The summed E-state index contributed by atoms with van der Waals surface area (Å²) in [5.41, 5.74) is 0. The molecular weight excluding hydrogens is 276 g/mol. The van der Waals surface area contributed by atoms with Gasteiger partial charge >= 0.3 is 0 Å². The molecule has 0 aromatic heterocycles. The van der Waals surface area contributed by atoms with Gasteiger partial charge in [-0.3, -0.25) is 9.89 Å². The zero-order valence-electron chi connectivity index (χ0n) is 15.0. The summed E-state index contributed by atoms with van der Waals surface area (Å²) in [4.78, 5) is 6.89. The highest BCUT2D eigenvalue weighted by atomic mass is 16.5. The van der Waals surface area contributed by atoms with Crippen LogP contribution in [0.25, 0.3) is 0 Å². The monoisotopic (exact) mass is 312 g/mol. The first-order chi connectivity index (χ1) is 10.7. The summed E-state index contributed by atoms with van der Waals surface area (Å²) in [5.74, 6) is 1.63. The third kappa shape index (κ3) is 7.99. The molecule has 1 heterocycles. The highest BCUT2D eigenvalue weighted by Gasteiger charge is 2.22. The number of guanidine groups is 1. The van der Waals surface area contributed by atoms with Crippen molar-refractivity contribution in [1.82, 2.24) is 15.5 Å². The van der Waals surface area contributed by atoms with Gasteiger partial charge in [0.05, 0.1) is 13.2 Å². The van der Waals surface area contributed by atoms with Crippen LogP contribution in [0.1, 0.15) is 46.5 Å². The maximum Gasteiger partial charge on any atom is 0.191 e. The van der Waals surface area contributed by atoms with Gasteiger partial charge in [0.15, 0.2) is 5.96 Å². The van der Waals surface area contributed by atoms with Gasteiger partial charge in [0.25, 0.3) is 0 Å². The molecule has 0 aromatic rings. The molecule has 5 heteroatoms. The lowest BCUT2D eigenvalue weighted by Crippen LogP contribution is -2.51. The third-order valence-electron chi connectivity index (χ3n) is 4.11. The average Bonchev–Trinajstić information content (AvgIpc) is 2.53. The standard InChI is InChI=1S/C17H36N4O/c1-5-6-7-8-19-17(18-4)20-14-16(13-15(2)3)21-9-11-22-12-10-21/h15-16H,5-14H2,1-4H3,(H2,18,19,20). The molecular formula is C17H36N4O. The zero-order valence-corrected chi connectivity index (χ0v) is 15.0. The van der Waals surface area contributed by atoms with E-state index in [4.69, 9.17) is 4.74 Å². The van der Waals surface area contributed by atoms with Crippen molar-refractivity contribution in [2.75, 3.05) is 46.4 Å². The minimum atomic E-state index is 0.554. The Kier molecular flexibility index (Phi) is 10.2. The lowest BCUT2D eigenvalue weighted by atomic mass is 10.0. The first kappa shape index (κ1) is 19.2. The fraction of sp³-hybridized carbons (Fsp3) is 0.941. The second-order valence-corrected chi connectivity index (χ2v) is 6.52. The van der Waals surface area contributed by atoms with Gasteiger partial charge < -0.3 is 15.4 Å². The summed E-state index contributed by atoms with van der Waals surface area (Å²) in [6.45, 7) is 12.6. The van der Waals surface area contributed by atoms with E-state index in [2.05, 4.69) is 41.3 Å². The number of rotatable bonds is 9. The highest BCUT2D eigenvalue weighted by molar-refractivity contribution is 5.79. The Balaban J connectivity index is 2.39. The van der Waals surface area contributed by atoms with Gasteiger partial charge in [-0.25, -0.2) is 0 Å². The number of morpholine rings is 1. The molecule has 0 aliphatic carbocycles. The van der Waals surface area contributed by atoms with Crippen LogP contribution in [0.3, 0.4) is 0 Å². The molecule has 1 aliphatic rings. The number of hydrogen-bond acceptors (Lipinski definition) is 3. The van der Waals surface area contributed by atoms with Gasteiger partial charge in [0.1, 0.15) is 0 Å². The largest absolute Gasteiger partial charge is 0.379 e. The third-order valence-corrected chi connectivity index (χ3v) is 4.11. The normalized spacial score (nSPS) is 18.5. The van der Waals surface area contributed by atoms with E-state index in [0.29, 0.717) is 12.0 Å². The molecule has 1 rings (SSSR count). The summed E-state index contributed by atoms with van der Waals surface area (Å²) in [6, 6.07) is 0.554. The van der Waals surface area contributed by atoms with Crippen LogP contribution in [0.5, 0.6) is 0 Å². The first-order valence-electron chi connectivity index (χ1n) is 8.93. The van der Waals surface area contributed by atoms with Crippen molar-refractivity contribution in [3.05, 3.63) is 0 Å². The molecule has 0 amide bonds. The smallest absolute Gasteiger partial charge is 0.191 e. The van der Waals surface area contributed by atoms with E-state index >= 15 is 0 Å². The molecule has 1 unspecified atom stereocenters. The van der Waals surface area contributed by atoms with Crippen molar-refractivity contribution >= 4 is 5.96 Å². The quantitative estimate of drug-likeness (QED) is 0.389. The zero-order chi connectivity index (χ0) is 16.2. The Morgan fingerprint density at radius 1 is 1.18 bits per heavy atom. The Bertz CT molecular complexity index is 301. The Morgan fingerprint density at radius 3 is 2.50 bits per heavy atom. The second kappa shape index (κ2) is 11.7. The number of hydrogen-bond donors (Lipinski definition) is 2. The van der Waals surface area contributed by atoms with Gasteiger partial charge in [-0.05, 0) is 18.8 Å². The molecule has 0 aromatic carbocycles. The molecule has 1 fully saturated rings. The molecule has 1 atom stereocenters. The molecule has 0 bridgehead atoms. The van der Waals surface area contributed by atoms with Gasteiger partial charge in [-0.1, -0.05) is 33.6 Å². The fourth-order valence-corrected chi connectivity index (χ4v) is 2.87. The van der Waals surface area contributed by atoms with Crippen molar-refractivity contribution in [1.29, 1.82) is 0 Å². The van der Waals surface area contributed by atoms with Crippen LogP contribution in [0, 0.1) is 5.92 Å². The molecule has 2 N–H and O–H groups in total. The second-order valence-electron chi connectivity index (χ2n) is 6.52. The summed E-state index contributed by atoms with van der Waals surface area (Å²) in [6.07, 6.45) is 4.94. The van der Waals surface area contributed by atoms with Crippen LogP contribution in [0.15, 0.2) is 4.99 Å². The van der Waals surface area contributed by atoms with E-state index in [0.717, 1.165) is 45.4 Å². The van der Waals surface area contributed by atoms with Gasteiger partial charge in [-0.2, -0.15) is 0 Å². The van der Waals surface area contributed by atoms with E-state index in [1.807, 2.05) is 7.05 Å². The van der Waals surface area contributed by atoms with E-state index in [9.17, 15) is 0 Å². The predicted molar refractivity (Wildman–Crippen MR) is 94.5 cm³/mol. The SMILES string of the molecule is CCCCCNC(=NC)NCC(CC(C)C)N1CCOCC1. The van der Waals surface area contributed by atoms with Crippen LogP contribution in [0.4, 0.5) is 0 Å². The molecule has 0 saturated carbocycles. The number of nitrogens with zero attached hydrogens (tertiary/aromatic N) is 2. The molecule has 0 spiro atoms. The van der Waals surface area contributed by atoms with Crippen molar-refractivity contribution < 1.29 is 4.74 Å². The summed E-state index contributed by atoms with van der Waals surface area (Å²) < 4.78 is 5.48. The summed E-state index contributed by atoms with van der Waals surface area (Å²) in [5, 5.41) is 6.92. The topological polar surface area (TPSA) is 48.9 Å². The Hall–Kier alpha value is -0.810. The van der Waals surface area contributed by atoms with Crippen molar-refractivity contribution in [3.63, 3.8) is 0 Å². The predicted octanol–water partition coefficient (Wildman–Crippen LogP) is 2.09. The summed E-state index contributed by atoms with van der Waals surface area (Å²) in [7, 11) is 1.85. The van der Waals surface area contributed by atoms with E-state index in [-0.39, 0.29) is 0 Å². The maximum atomic E-state index is 5.48. The van der Waals surface area contributed by atoms with Crippen LogP contribution in [-0.2, 0) is 4.74 Å². The molecule has 22 heavy (non-hydrogen) atoms. The fourth-order valence-electron chi connectivity index (χ4n) is 2.87. The number of ether oxygens (including phenoxy) is 1. The Labute approximate surface area is 136 Å². The first-order valence-corrected chi connectivity index (χ1v) is 8.93. The highest BCUT2D eigenvalue weighted by Crippen LogP contribution is 2.12. The number of nitrogens with one attached hydrogen (secondary N) is 2. The van der Waals surface area contributed by atoms with Gasteiger partial charge in [0.2, 0.25) is 0 Å². The lowest BCUT2D eigenvalue weighted by Gasteiger charge is -2.35. The van der Waals surface area contributed by atoms with E-state index in [1.54, 1.807) is 0 Å². The van der Waals surface area contributed by atoms with Crippen molar-refractivity contribution in [3.8, 4) is 0 Å². The lowest BCUT2D eigenvalue weighted by molar-refractivity contribution is 0.0132. The van der Waals surface area contributed by atoms with E-state index in [1.165, 1.54) is 25.7 Å². The maximum absolute atomic E-state index is 5.48. The van der Waals surface area contributed by atoms with Gasteiger partial charge in [-0.15, -0.1) is 0 Å². The van der Waals surface area contributed by atoms with Crippen molar-refractivity contribution in [2.45, 2.75) is 52.5 Å². The molecule has 0 radical (unpaired) electrons. The molecule has 1 saturated heterocycles. The number of unbranched alkanes of at least 4 members (excludes halogenated alkanes) is 2. The number of aliphatic imine (C=N–C) groups is 1. The molecule has 130 valence electrons. The van der Waals surface area contributed by atoms with Crippen LogP contribution in [0.2, 0.25) is 0 Å². The minimum Gasteiger partial charge on any atom is -0.379 e. The Morgan fingerprint density at radius 2 is 1.91 bits per heavy atom. The van der Waals surface area contributed by atoms with Crippen molar-refractivity contribution in [2.24, 2.45) is 10.9 Å². The van der Waals surface area contributed by atoms with E-state index < -0.39 is 0 Å².